The number of carbonyl (C=O) groups is 2. The minimum atomic E-state index is -0.201. The molecule has 2 aromatic rings. The second-order valence-electron chi connectivity index (χ2n) is 8.41. The van der Waals surface area contributed by atoms with Crippen LogP contribution in [0.15, 0.2) is 60.7 Å². The molecule has 176 valence electrons. The van der Waals surface area contributed by atoms with E-state index in [9.17, 15) is 14.7 Å². The van der Waals surface area contributed by atoms with E-state index in [4.69, 9.17) is 10.5 Å². The number of aliphatic hydroxyl groups excluding tert-OH is 1. The molecule has 0 saturated carbocycles. The number of rotatable bonds is 9. The molecule has 0 radical (unpaired) electrons. The Balaban J connectivity index is 1.56. The van der Waals surface area contributed by atoms with Crippen LogP contribution in [-0.4, -0.2) is 48.1 Å². The predicted molar refractivity (Wildman–Crippen MR) is 130 cm³/mol. The van der Waals surface area contributed by atoms with E-state index < -0.39 is 0 Å². The second kappa shape index (κ2) is 11.6. The number of nitrogens with zero attached hydrogens (tertiary/aromatic N) is 1. The molecule has 1 saturated heterocycles. The van der Waals surface area contributed by atoms with Crippen molar-refractivity contribution in [2.75, 3.05) is 31.3 Å². The van der Waals surface area contributed by atoms with Crippen LogP contribution >= 0.6 is 0 Å². The summed E-state index contributed by atoms with van der Waals surface area (Å²) < 4.78 is 5.71. The summed E-state index contributed by atoms with van der Waals surface area (Å²) in [6.07, 6.45) is 5.81. The van der Waals surface area contributed by atoms with E-state index in [2.05, 4.69) is 5.32 Å². The predicted octanol–water partition coefficient (Wildman–Crippen LogP) is 3.77. The zero-order chi connectivity index (χ0) is 23.8. The maximum atomic E-state index is 12.4. The van der Waals surface area contributed by atoms with Crippen molar-refractivity contribution >= 4 is 23.2 Å². The van der Waals surface area contributed by atoms with Gasteiger partial charge in [0.2, 0.25) is 5.91 Å². The number of benzene rings is 2. The number of anilines is 2. The number of nitrogen functional groups attached to an aromatic ring is 1. The molecule has 0 aliphatic carbocycles. The van der Waals surface area contributed by atoms with Gasteiger partial charge in [0, 0.05) is 42.9 Å². The fourth-order valence-electron chi connectivity index (χ4n) is 4.20. The van der Waals surface area contributed by atoms with Crippen molar-refractivity contribution in [3.8, 4) is 0 Å². The molecule has 0 unspecified atom stereocenters. The number of hydrogen-bond donors (Lipinski definition) is 3. The summed E-state index contributed by atoms with van der Waals surface area (Å²) in [5.74, 6) is -0.108. The molecular formula is C26H33N3O4. The normalized spacial score (nSPS) is 17.8. The second-order valence-corrected chi connectivity index (χ2v) is 8.41. The lowest BCUT2D eigenvalue weighted by atomic mass is 9.96. The van der Waals surface area contributed by atoms with E-state index in [1.165, 1.54) is 0 Å². The highest BCUT2D eigenvalue weighted by Gasteiger charge is 2.27. The Morgan fingerprint density at radius 3 is 2.55 bits per heavy atom. The molecule has 1 fully saturated rings. The van der Waals surface area contributed by atoms with Gasteiger partial charge in [-0.05, 0) is 54.8 Å². The van der Waals surface area contributed by atoms with Gasteiger partial charge in [-0.2, -0.15) is 0 Å². The average Bonchev–Trinajstić information content (AvgIpc) is 3.30. The van der Waals surface area contributed by atoms with Gasteiger partial charge < -0.3 is 25.8 Å². The summed E-state index contributed by atoms with van der Waals surface area (Å²) in [5.41, 5.74) is 8.48. The van der Waals surface area contributed by atoms with Crippen LogP contribution in [0.2, 0.25) is 0 Å². The van der Waals surface area contributed by atoms with Crippen LogP contribution in [0.3, 0.4) is 0 Å². The Bertz CT molecular complexity index is 957. The molecule has 3 rings (SSSR count). The lowest BCUT2D eigenvalue weighted by Crippen LogP contribution is -2.37. The number of ether oxygens (including phenoxy) is 1. The van der Waals surface area contributed by atoms with Crippen molar-refractivity contribution in [1.29, 1.82) is 0 Å². The maximum absolute atomic E-state index is 12.4. The molecule has 4 N–H and O–H groups in total. The van der Waals surface area contributed by atoms with E-state index in [0.717, 1.165) is 24.9 Å². The first-order valence-electron chi connectivity index (χ1n) is 11.3. The van der Waals surface area contributed by atoms with Gasteiger partial charge in [0.1, 0.15) is 0 Å². The molecule has 0 aromatic heterocycles. The number of hydrogen-bond acceptors (Lipinski definition) is 5. The number of methoxy groups -OCH3 is 1. The molecule has 1 heterocycles. The highest BCUT2D eigenvalue weighted by atomic mass is 16.5. The summed E-state index contributed by atoms with van der Waals surface area (Å²) in [6, 6.07) is 14.3. The SMILES string of the molecule is CO[C@@H](c1ccc(NC(=O)c2ccc(N)cc2)cc1)[C@@H](C)/C=C/CC(=O)N1CCC[C@H]1CO. The number of carbonyl (C=O) groups excluding carboxylic acids is 2. The van der Waals surface area contributed by atoms with E-state index >= 15 is 0 Å². The zero-order valence-corrected chi connectivity index (χ0v) is 19.2. The molecule has 0 spiro atoms. The van der Waals surface area contributed by atoms with Crippen molar-refractivity contribution in [3.05, 3.63) is 71.8 Å². The molecule has 7 nitrogen and oxygen atoms in total. The third-order valence-electron chi connectivity index (χ3n) is 6.04. The number of nitrogens with two attached hydrogens (primary N) is 1. The molecule has 1 aliphatic heterocycles. The van der Waals surface area contributed by atoms with E-state index in [0.29, 0.717) is 23.4 Å². The topological polar surface area (TPSA) is 105 Å². The highest BCUT2D eigenvalue weighted by molar-refractivity contribution is 6.04. The van der Waals surface area contributed by atoms with Crippen LogP contribution in [0.4, 0.5) is 11.4 Å². The monoisotopic (exact) mass is 451 g/mol. The van der Waals surface area contributed by atoms with Gasteiger partial charge in [-0.3, -0.25) is 9.59 Å². The first kappa shape index (κ1) is 24.5. The van der Waals surface area contributed by atoms with Crippen molar-refractivity contribution in [2.24, 2.45) is 5.92 Å². The lowest BCUT2D eigenvalue weighted by Gasteiger charge is -2.23. The molecule has 2 aromatic carbocycles. The van der Waals surface area contributed by atoms with E-state index in [-0.39, 0.29) is 36.5 Å². The molecule has 33 heavy (non-hydrogen) atoms. The van der Waals surface area contributed by atoms with Crippen LogP contribution in [-0.2, 0) is 9.53 Å². The van der Waals surface area contributed by atoms with Gasteiger partial charge in [0.15, 0.2) is 0 Å². The number of aliphatic hydroxyl groups is 1. The van der Waals surface area contributed by atoms with E-state index in [1.54, 1.807) is 36.3 Å². The minimum absolute atomic E-state index is 0.0219. The summed E-state index contributed by atoms with van der Waals surface area (Å²) in [7, 11) is 1.66. The van der Waals surface area contributed by atoms with Gasteiger partial charge in [0.25, 0.3) is 5.91 Å². The maximum Gasteiger partial charge on any atom is 0.255 e. The van der Waals surface area contributed by atoms with Crippen LogP contribution in [0, 0.1) is 5.92 Å². The van der Waals surface area contributed by atoms with Crippen LogP contribution in [0.25, 0.3) is 0 Å². The Hall–Kier alpha value is -3.16. The van der Waals surface area contributed by atoms with Gasteiger partial charge >= 0.3 is 0 Å². The molecule has 1 aliphatic rings. The zero-order valence-electron chi connectivity index (χ0n) is 19.2. The van der Waals surface area contributed by atoms with Crippen LogP contribution in [0.5, 0.6) is 0 Å². The van der Waals surface area contributed by atoms with Crippen LogP contribution in [0.1, 0.15) is 48.2 Å². The fraction of sp³-hybridized carbons (Fsp3) is 0.385. The Morgan fingerprint density at radius 1 is 1.21 bits per heavy atom. The quantitative estimate of drug-likeness (QED) is 0.398. The molecular weight excluding hydrogens is 418 g/mol. The average molecular weight is 452 g/mol. The summed E-state index contributed by atoms with van der Waals surface area (Å²) in [6.45, 7) is 2.78. The van der Waals surface area contributed by atoms with E-state index in [1.807, 2.05) is 43.3 Å². The van der Waals surface area contributed by atoms with Crippen molar-refractivity contribution in [1.82, 2.24) is 4.90 Å². The van der Waals surface area contributed by atoms with Gasteiger partial charge in [-0.15, -0.1) is 0 Å². The standard InChI is InChI=1S/C26H33N3O4/c1-18(5-3-7-24(31)29-16-4-6-23(29)17-30)25(33-2)19-10-14-22(15-11-19)28-26(32)20-8-12-21(27)13-9-20/h3,5,8-15,18,23,25,30H,4,6-7,16-17,27H2,1-2H3,(H,28,32)/b5-3+/t18-,23-,25+/m0/s1. The summed E-state index contributed by atoms with van der Waals surface area (Å²) >= 11 is 0. The minimum Gasteiger partial charge on any atom is -0.399 e. The third kappa shape index (κ3) is 6.43. The Kier molecular flexibility index (Phi) is 8.63. The molecule has 2 amide bonds. The number of amides is 2. The van der Waals surface area contributed by atoms with Crippen molar-refractivity contribution in [2.45, 2.75) is 38.3 Å². The first-order valence-corrected chi connectivity index (χ1v) is 11.3. The van der Waals surface area contributed by atoms with Crippen molar-refractivity contribution < 1.29 is 19.4 Å². The molecule has 3 atom stereocenters. The smallest absolute Gasteiger partial charge is 0.255 e. The summed E-state index contributed by atoms with van der Waals surface area (Å²) in [4.78, 5) is 26.6. The molecule has 7 heteroatoms. The highest BCUT2D eigenvalue weighted by Crippen LogP contribution is 2.28. The Labute approximate surface area is 195 Å². The van der Waals surface area contributed by atoms with Gasteiger partial charge in [-0.25, -0.2) is 0 Å². The van der Waals surface area contributed by atoms with Crippen molar-refractivity contribution in [3.63, 3.8) is 0 Å². The summed E-state index contributed by atoms with van der Waals surface area (Å²) in [5, 5.41) is 12.3. The van der Waals surface area contributed by atoms with Gasteiger partial charge in [-0.1, -0.05) is 31.2 Å². The number of nitrogens with one attached hydrogen (secondary N) is 1. The third-order valence-corrected chi connectivity index (χ3v) is 6.04. The number of likely N-dealkylation sites (tertiary alicyclic amines) is 1. The largest absolute Gasteiger partial charge is 0.399 e. The van der Waals surface area contributed by atoms with Crippen LogP contribution < -0.4 is 11.1 Å². The Morgan fingerprint density at radius 2 is 1.91 bits per heavy atom. The molecule has 0 bridgehead atoms. The lowest BCUT2D eigenvalue weighted by molar-refractivity contribution is -0.131. The fourth-order valence-corrected chi connectivity index (χ4v) is 4.20. The first-order chi connectivity index (χ1) is 15.9. The van der Waals surface area contributed by atoms with Gasteiger partial charge in [0.05, 0.1) is 18.8 Å².